The molecule has 1 N–H and O–H groups in total. The van der Waals surface area contributed by atoms with E-state index in [0.717, 1.165) is 16.7 Å². The van der Waals surface area contributed by atoms with Gasteiger partial charge in [0.15, 0.2) is 0 Å². The highest BCUT2D eigenvalue weighted by Crippen LogP contribution is 2.20. The van der Waals surface area contributed by atoms with E-state index in [1.165, 1.54) is 17.3 Å². The van der Waals surface area contributed by atoms with E-state index in [0.29, 0.717) is 0 Å². The molecule has 0 radical (unpaired) electrons. The van der Waals surface area contributed by atoms with Gasteiger partial charge in [-0.05, 0) is 28.5 Å². The van der Waals surface area contributed by atoms with Crippen molar-refractivity contribution in [2.75, 3.05) is 0 Å². The van der Waals surface area contributed by atoms with Crippen LogP contribution < -0.4 is 5.32 Å². The summed E-state index contributed by atoms with van der Waals surface area (Å²) in [5.41, 5.74) is 2.99. The maximum absolute atomic E-state index is 11.9. The SMILES string of the molecule is C[C@@H](NC(=O)Cn1cnnn1)c1ccc(-c2cncnc2)cc1. The number of carbonyl (C=O) groups is 1. The summed E-state index contributed by atoms with van der Waals surface area (Å²) in [6.45, 7) is 2.02. The summed E-state index contributed by atoms with van der Waals surface area (Å²) in [6.07, 6.45) is 6.43. The molecule has 2 heterocycles. The fraction of sp³-hybridized carbons (Fsp3) is 0.200. The minimum Gasteiger partial charge on any atom is -0.348 e. The summed E-state index contributed by atoms with van der Waals surface area (Å²) in [5, 5.41) is 13.6. The van der Waals surface area contributed by atoms with E-state index in [9.17, 15) is 4.79 Å². The van der Waals surface area contributed by atoms with E-state index in [2.05, 4.69) is 30.8 Å². The summed E-state index contributed by atoms with van der Waals surface area (Å²) in [7, 11) is 0. The van der Waals surface area contributed by atoms with Crippen LogP contribution in [-0.4, -0.2) is 36.1 Å². The number of hydrogen-bond acceptors (Lipinski definition) is 6. The van der Waals surface area contributed by atoms with E-state index in [-0.39, 0.29) is 18.5 Å². The van der Waals surface area contributed by atoms with Gasteiger partial charge >= 0.3 is 0 Å². The molecule has 0 spiro atoms. The zero-order chi connectivity index (χ0) is 16.1. The third kappa shape index (κ3) is 3.73. The number of tetrazole rings is 1. The normalized spacial score (nSPS) is 11.9. The molecule has 23 heavy (non-hydrogen) atoms. The monoisotopic (exact) mass is 309 g/mol. The van der Waals surface area contributed by atoms with Gasteiger partial charge < -0.3 is 5.32 Å². The van der Waals surface area contributed by atoms with Gasteiger partial charge in [0.25, 0.3) is 0 Å². The van der Waals surface area contributed by atoms with Crippen molar-refractivity contribution in [1.82, 2.24) is 35.5 Å². The van der Waals surface area contributed by atoms with Crippen LogP contribution in [0, 0.1) is 0 Å². The molecule has 3 aromatic rings. The molecule has 8 heteroatoms. The van der Waals surface area contributed by atoms with Crippen LogP contribution in [0.3, 0.4) is 0 Å². The van der Waals surface area contributed by atoms with Gasteiger partial charge in [-0.15, -0.1) is 5.10 Å². The molecule has 0 bridgehead atoms. The Morgan fingerprint density at radius 1 is 1.17 bits per heavy atom. The molecule has 0 aliphatic rings. The lowest BCUT2D eigenvalue weighted by Crippen LogP contribution is -2.30. The van der Waals surface area contributed by atoms with Crippen molar-refractivity contribution in [2.45, 2.75) is 19.5 Å². The second-order valence-electron chi connectivity index (χ2n) is 5.05. The zero-order valence-electron chi connectivity index (χ0n) is 12.5. The lowest BCUT2D eigenvalue weighted by atomic mass is 10.0. The molecule has 1 amide bonds. The number of hydrogen-bond donors (Lipinski definition) is 1. The molecule has 0 fully saturated rings. The Kier molecular flexibility index (Phi) is 4.32. The Morgan fingerprint density at radius 2 is 1.91 bits per heavy atom. The summed E-state index contributed by atoms with van der Waals surface area (Å²) in [6, 6.07) is 7.81. The van der Waals surface area contributed by atoms with Crippen molar-refractivity contribution in [3.63, 3.8) is 0 Å². The van der Waals surface area contributed by atoms with Crippen LogP contribution in [0.2, 0.25) is 0 Å². The number of rotatable bonds is 5. The van der Waals surface area contributed by atoms with Crippen molar-refractivity contribution in [3.8, 4) is 11.1 Å². The van der Waals surface area contributed by atoms with Crippen LogP contribution in [0.25, 0.3) is 11.1 Å². The maximum atomic E-state index is 11.9. The van der Waals surface area contributed by atoms with E-state index in [4.69, 9.17) is 0 Å². The molecule has 1 aromatic carbocycles. The van der Waals surface area contributed by atoms with Crippen molar-refractivity contribution in [1.29, 1.82) is 0 Å². The summed E-state index contributed by atoms with van der Waals surface area (Å²) < 4.78 is 1.38. The number of amides is 1. The smallest absolute Gasteiger partial charge is 0.242 e. The van der Waals surface area contributed by atoms with Crippen LogP contribution in [-0.2, 0) is 11.3 Å². The van der Waals surface area contributed by atoms with Gasteiger partial charge in [-0.1, -0.05) is 24.3 Å². The number of benzene rings is 1. The lowest BCUT2D eigenvalue weighted by molar-refractivity contribution is -0.122. The third-order valence-electron chi connectivity index (χ3n) is 3.38. The second kappa shape index (κ2) is 6.73. The van der Waals surface area contributed by atoms with Gasteiger partial charge in [0, 0.05) is 18.0 Å². The van der Waals surface area contributed by atoms with Gasteiger partial charge in [0.2, 0.25) is 5.91 Å². The van der Waals surface area contributed by atoms with Crippen LogP contribution in [0.1, 0.15) is 18.5 Å². The van der Waals surface area contributed by atoms with E-state index < -0.39 is 0 Å². The average molecular weight is 309 g/mol. The number of carbonyl (C=O) groups excluding carboxylic acids is 1. The van der Waals surface area contributed by atoms with E-state index in [1.54, 1.807) is 12.4 Å². The molecule has 2 aromatic heterocycles. The van der Waals surface area contributed by atoms with Crippen LogP contribution >= 0.6 is 0 Å². The number of aromatic nitrogens is 6. The van der Waals surface area contributed by atoms with Crippen LogP contribution in [0.5, 0.6) is 0 Å². The van der Waals surface area contributed by atoms with Crippen molar-refractivity contribution in [2.24, 2.45) is 0 Å². The highest BCUT2D eigenvalue weighted by atomic mass is 16.2. The molecule has 116 valence electrons. The molecule has 0 unspecified atom stereocenters. The quantitative estimate of drug-likeness (QED) is 0.755. The fourth-order valence-electron chi connectivity index (χ4n) is 2.18. The predicted octanol–water partition coefficient (Wildman–Crippen LogP) is 1.01. The molecular weight excluding hydrogens is 294 g/mol. The largest absolute Gasteiger partial charge is 0.348 e. The van der Waals surface area contributed by atoms with Crippen LogP contribution in [0.15, 0.2) is 49.3 Å². The first-order valence-electron chi connectivity index (χ1n) is 7.08. The third-order valence-corrected chi connectivity index (χ3v) is 3.38. The first-order valence-corrected chi connectivity index (χ1v) is 7.08. The minimum atomic E-state index is -0.148. The molecule has 1 atom stereocenters. The molecule has 3 rings (SSSR count). The second-order valence-corrected chi connectivity index (χ2v) is 5.05. The zero-order valence-corrected chi connectivity index (χ0v) is 12.5. The molecule has 0 aliphatic carbocycles. The van der Waals surface area contributed by atoms with Crippen molar-refractivity contribution >= 4 is 5.91 Å². The fourth-order valence-corrected chi connectivity index (χ4v) is 2.18. The lowest BCUT2D eigenvalue weighted by Gasteiger charge is -2.14. The Morgan fingerprint density at radius 3 is 2.57 bits per heavy atom. The van der Waals surface area contributed by atoms with Crippen molar-refractivity contribution in [3.05, 3.63) is 54.9 Å². The van der Waals surface area contributed by atoms with E-state index >= 15 is 0 Å². The van der Waals surface area contributed by atoms with Gasteiger partial charge in [-0.2, -0.15) is 0 Å². The first-order chi connectivity index (χ1) is 11.2. The van der Waals surface area contributed by atoms with Gasteiger partial charge in [-0.25, -0.2) is 14.6 Å². The molecule has 0 saturated heterocycles. The number of nitrogens with zero attached hydrogens (tertiary/aromatic N) is 6. The van der Waals surface area contributed by atoms with Crippen molar-refractivity contribution < 1.29 is 4.79 Å². The highest BCUT2D eigenvalue weighted by Gasteiger charge is 2.11. The minimum absolute atomic E-state index is 0.0940. The average Bonchev–Trinajstić information content (AvgIpc) is 3.08. The maximum Gasteiger partial charge on any atom is 0.242 e. The van der Waals surface area contributed by atoms with Gasteiger partial charge in [0.05, 0.1) is 6.04 Å². The number of nitrogens with one attached hydrogen (secondary N) is 1. The predicted molar refractivity (Wildman–Crippen MR) is 81.8 cm³/mol. The Balaban J connectivity index is 1.63. The Bertz CT molecular complexity index is 756. The summed E-state index contributed by atoms with van der Waals surface area (Å²) in [4.78, 5) is 20.0. The first kappa shape index (κ1) is 14.8. The topological polar surface area (TPSA) is 98.5 Å². The van der Waals surface area contributed by atoms with Crippen LogP contribution in [0.4, 0.5) is 0 Å². The molecular formula is C15H15N7O. The molecule has 0 aliphatic heterocycles. The summed E-state index contributed by atoms with van der Waals surface area (Å²) >= 11 is 0. The highest BCUT2D eigenvalue weighted by molar-refractivity contribution is 5.76. The summed E-state index contributed by atoms with van der Waals surface area (Å²) in [5.74, 6) is -0.148. The Hall–Kier alpha value is -3.16. The molecule has 0 saturated carbocycles. The Labute approximate surface area is 132 Å². The van der Waals surface area contributed by atoms with E-state index in [1.807, 2.05) is 31.2 Å². The van der Waals surface area contributed by atoms with Gasteiger partial charge in [0.1, 0.15) is 19.2 Å². The standard InChI is InChI=1S/C15H15N7O/c1-11(19-15(23)8-22-10-18-20-21-22)12-2-4-13(5-3-12)14-6-16-9-17-7-14/h2-7,9-11H,8H2,1H3,(H,19,23)/t11-/m1/s1. The van der Waals surface area contributed by atoms with Gasteiger partial charge in [-0.3, -0.25) is 4.79 Å². The molecule has 8 nitrogen and oxygen atoms in total.